The van der Waals surface area contributed by atoms with Crippen molar-refractivity contribution in [2.24, 2.45) is 0 Å². The Morgan fingerprint density at radius 2 is 1.32 bits per heavy atom. The Balaban J connectivity index is 2.04. The van der Waals surface area contributed by atoms with Crippen LogP contribution in [-0.2, 0) is 6.42 Å². The van der Waals surface area contributed by atoms with E-state index in [9.17, 15) is 5.11 Å². The Bertz CT molecular complexity index is 519. The van der Waals surface area contributed by atoms with Gasteiger partial charge in [0.1, 0.15) is 17.1 Å². The maximum absolute atomic E-state index is 9.25. The average Bonchev–Trinajstić information content (AvgIpc) is 2.33. The summed E-state index contributed by atoms with van der Waals surface area (Å²) in [4.78, 5) is 0. The first-order valence-electron chi connectivity index (χ1n) is 6.48. The molecule has 1 N–H and O–H groups in total. The minimum Gasteiger partial charge on any atom is -0.508 e. The van der Waals surface area contributed by atoms with Gasteiger partial charge in [0.05, 0.1) is 0 Å². The molecule has 0 aromatic heterocycles. The van der Waals surface area contributed by atoms with E-state index in [2.05, 4.69) is 12.1 Å². The second-order valence-corrected chi connectivity index (χ2v) is 5.70. The Labute approximate surface area is 114 Å². The van der Waals surface area contributed by atoms with Crippen LogP contribution in [0.1, 0.15) is 31.9 Å². The molecule has 0 unspecified atom stereocenters. The van der Waals surface area contributed by atoms with Gasteiger partial charge >= 0.3 is 0 Å². The first kappa shape index (κ1) is 13.5. The molecule has 0 saturated carbocycles. The number of phenols is 1. The van der Waals surface area contributed by atoms with Crippen LogP contribution in [0.15, 0.2) is 48.5 Å². The van der Waals surface area contributed by atoms with E-state index in [1.807, 2.05) is 45.0 Å². The lowest BCUT2D eigenvalue weighted by atomic mass is 10.0. The van der Waals surface area contributed by atoms with Gasteiger partial charge in [0, 0.05) is 0 Å². The summed E-state index contributed by atoms with van der Waals surface area (Å²) in [5.41, 5.74) is 2.24. The van der Waals surface area contributed by atoms with E-state index in [1.165, 1.54) is 11.1 Å². The van der Waals surface area contributed by atoms with Crippen LogP contribution in [0.5, 0.6) is 11.5 Å². The average molecular weight is 256 g/mol. The lowest BCUT2D eigenvalue weighted by molar-refractivity contribution is 0.131. The quantitative estimate of drug-likeness (QED) is 0.893. The van der Waals surface area contributed by atoms with Gasteiger partial charge in [0.2, 0.25) is 0 Å². The smallest absolute Gasteiger partial charge is 0.120 e. The summed E-state index contributed by atoms with van der Waals surface area (Å²) < 4.78 is 5.79. The highest BCUT2D eigenvalue weighted by Gasteiger charge is 2.11. The molecule has 0 aliphatic rings. The third-order valence-corrected chi connectivity index (χ3v) is 2.69. The van der Waals surface area contributed by atoms with Crippen LogP contribution < -0.4 is 4.74 Å². The van der Waals surface area contributed by atoms with Crippen molar-refractivity contribution in [1.29, 1.82) is 0 Å². The standard InChI is InChI=1S/C17H20O2/c1-17(2,3)19-16-10-6-14(7-11-16)12-13-4-8-15(18)9-5-13/h4-11,18H,12H2,1-3H3. The summed E-state index contributed by atoms with van der Waals surface area (Å²) in [6, 6.07) is 15.5. The largest absolute Gasteiger partial charge is 0.508 e. The minimum absolute atomic E-state index is 0.168. The molecule has 19 heavy (non-hydrogen) atoms. The molecule has 0 saturated heterocycles. The first-order chi connectivity index (χ1) is 8.92. The molecular formula is C17H20O2. The van der Waals surface area contributed by atoms with Gasteiger partial charge in [-0.3, -0.25) is 0 Å². The summed E-state index contributed by atoms with van der Waals surface area (Å²) in [6.45, 7) is 6.12. The molecule has 0 radical (unpaired) electrons. The van der Waals surface area contributed by atoms with Crippen molar-refractivity contribution in [3.05, 3.63) is 59.7 Å². The van der Waals surface area contributed by atoms with Gasteiger partial charge in [-0.05, 0) is 62.6 Å². The van der Waals surface area contributed by atoms with E-state index in [0.29, 0.717) is 5.75 Å². The molecule has 0 heterocycles. The number of hydrogen-bond donors (Lipinski definition) is 1. The topological polar surface area (TPSA) is 29.5 Å². The first-order valence-corrected chi connectivity index (χ1v) is 6.48. The number of phenolic OH excluding ortho intramolecular Hbond substituents is 1. The molecule has 0 spiro atoms. The molecule has 0 atom stereocenters. The molecule has 2 heteroatoms. The third-order valence-electron chi connectivity index (χ3n) is 2.69. The summed E-state index contributed by atoms with van der Waals surface area (Å²) in [6.07, 6.45) is 0.857. The van der Waals surface area contributed by atoms with Crippen LogP contribution in [0.2, 0.25) is 0 Å². The van der Waals surface area contributed by atoms with E-state index in [-0.39, 0.29) is 5.60 Å². The fraction of sp³-hybridized carbons (Fsp3) is 0.294. The zero-order chi connectivity index (χ0) is 13.9. The van der Waals surface area contributed by atoms with Crippen molar-refractivity contribution in [2.75, 3.05) is 0 Å². The Morgan fingerprint density at radius 3 is 1.79 bits per heavy atom. The number of benzene rings is 2. The zero-order valence-corrected chi connectivity index (χ0v) is 11.7. The second-order valence-electron chi connectivity index (χ2n) is 5.70. The number of ether oxygens (including phenoxy) is 1. The van der Waals surface area contributed by atoms with Crippen molar-refractivity contribution >= 4 is 0 Å². The molecule has 2 rings (SSSR count). The lowest BCUT2D eigenvalue weighted by Gasteiger charge is -2.21. The lowest BCUT2D eigenvalue weighted by Crippen LogP contribution is -2.22. The van der Waals surface area contributed by atoms with Crippen molar-refractivity contribution in [3.63, 3.8) is 0 Å². The van der Waals surface area contributed by atoms with Crippen LogP contribution in [-0.4, -0.2) is 10.7 Å². The van der Waals surface area contributed by atoms with Crippen LogP contribution in [0, 0.1) is 0 Å². The van der Waals surface area contributed by atoms with Crippen LogP contribution >= 0.6 is 0 Å². The highest BCUT2D eigenvalue weighted by atomic mass is 16.5. The molecule has 0 fully saturated rings. The van der Waals surface area contributed by atoms with Crippen molar-refractivity contribution in [3.8, 4) is 11.5 Å². The highest BCUT2D eigenvalue weighted by molar-refractivity contribution is 5.33. The normalized spacial score (nSPS) is 11.3. The van der Waals surface area contributed by atoms with Gasteiger partial charge in [0.15, 0.2) is 0 Å². The number of rotatable bonds is 3. The third kappa shape index (κ3) is 4.32. The molecular weight excluding hydrogens is 236 g/mol. The molecule has 2 aromatic carbocycles. The van der Waals surface area contributed by atoms with Gasteiger partial charge in [0.25, 0.3) is 0 Å². The SMILES string of the molecule is CC(C)(C)Oc1ccc(Cc2ccc(O)cc2)cc1. The summed E-state index contributed by atoms with van der Waals surface area (Å²) in [7, 11) is 0. The van der Waals surface area contributed by atoms with Crippen molar-refractivity contribution in [1.82, 2.24) is 0 Å². The summed E-state index contributed by atoms with van der Waals surface area (Å²) in [5.74, 6) is 1.19. The van der Waals surface area contributed by atoms with Gasteiger partial charge in [-0.25, -0.2) is 0 Å². The van der Waals surface area contributed by atoms with Gasteiger partial charge in [-0.1, -0.05) is 24.3 Å². The molecule has 2 aromatic rings. The van der Waals surface area contributed by atoms with E-state index in [1.54, 1.807) is 12.1 Å². The van der Waals surface area contributed by atoms with Gasteiger partial charge in [-0.15, -0.1) is 0 Å². The van der Waals surface area contributed by atoms with Crippen molar-refractivity contribution in [2.45, 2.75) is 32.8 Å². The molecule has 0 bridgehead atoms. The summed E-state index contributed by atoms with van der Waals surface area (Å²) in [5, 5.41) is 9.25. The summed E-state index contributed by atoms with van der Waals surface area (Å²) >= 11 is 0. The van der Waals surface area contributed by atoms with E-state index in [0.717, 1.165) is 12.2 Å². The number of hydrogen-bond acceptors (Lipinski definition) is 2. The fourth-order valence-electron chi connectivity index (χ4n) is 1.88. The Hall–Kier alpha value is -1.96. The fourth-order valence-corrected chi connectivity index (χ4v) is 1.88. The van der Waals surface area contributed by atoms with Gasteiger partial charge in [-0.2, -0.15) is 0 Å². The Morgan fingerprint density at radius 1 is 0.842 bits per heavy atom. The predicted molar refractivity (Wildman–Crippen MR) is 77.7 cm³/mol. The van der Waals surface area contributed by atoms with E-state index < -0.39 is 0 Å². The van der Waals surface area contributed by atoms with Crippen LogP contribution in [0.25, 0.3) is 0 Å². The predicted octanol–water partition coefficient (Wildman–Crippen LogP) is 4.16. The minimum atomic E-state index is -0.168. The Kier molecular flexibility index (Phi) is 3.79. The maximum atomic E-state index is 9.25. The maximum Gasteiger partial charge on any atom is 0.120 e. The van der Waals surface area contributed by atoms with Crippen LogP contribution in [0.4, 0.5) is 0 Å². The molecule has 2 nitrogen and oxygen atoms in total. The van der Waals surface area contributed by atoms with E-state index in [4.69, 9.17) is 4.74 Å². The van der Waals surface area contributed by atoms with Gasteiger partial charge < -0.3 is 9.84 Å². The molecule has 100 valence electrons. The monoisotopic (exact) mass is 256 g/mol. The highest BCUT2D eigenvalue weighted by Crippen LogP contribution is 2.20. The number of aromatic hydroxyl groups is 1. The van der Waals surface area contributed by atoms with Crippen LogP contribution in [0.3, 0.4) is 0 Å². The van der Waals surface area contributed by atoms with Crippen molar-refractivity contribution < 1.29 is 9.84 Å². The molecule has 0 amide bonds. The second kappa shape index (κ2) is 5.35. The molecule has 0 aliphatic carbocycles. The molecule has 0 aliphatic heterocycles. The zero-order valence-electron chi connectivity index (χ0n) is 11.7. The van der Waals surface area contributed by atoms with E-state index >= 15 is 0 Å².